The molecule has 5 atom stereocenters. The van der Waals surface area contributed by atoms with E-state index in [-0.39, 0.29) is 30.0 Å². The molecule has 0 radical (unpaired) electrons. The number of nitrogens with zero attached hydrogens (tertiary/aromatic N) is 1. The van der Waals surface area contributed by atoms with Gasteiger partial charge >= 0.3 is 5.97 Å². The fourth-order valence-corrected chi connectivity index (χ4v) is 3.55. The standard InChI is InChI=1S/C15H25NO5/c1-2-3-10(17)5-4-9-6-11-12(15(9)20)7-13(11)16-21-8-14(18)19/h9-12,15,17,20H,2-8H2,1H3,(H,18,19)/b16-13-. The third-order valence-corrected chi connectivity index (χ3v) is 4.73. The maximum Gasteiger partial charge on any atom is 0.344 e. The van der Waals surface area contributed by atoms with E-state index < -0.39 is 12.6 Å². The van der Waals surface area contributed by atoms with Crippen LogP contribution in [0.5, 0.6) is 0 Å². The Morgan fingerprint density at radius 3 is 2.90 bits per heavy atom. The van der Waals surface area contributed by atoms with Crippen LogP contribution in [0.2, 0.25) is 0 Å². The van der Waals surface area contributed by atoms with E-state index in [9.17, 15) is 15.0 Å². The number of carbonyl (C=O) groups is 1. The Labute approximate surface area is 124 Å². The van der Waals surface area contributed by atoms with E-state index in [0.29, 0.717) is 6.42 Å². The summed E-state index contributed by atoms with van der Waals surface area (Å²) >= 11 is 0. The van der Waals surface area contributed by atoms with Crippen LogP contribution in [-0.2, 0) is 9.63 Å². The predicted octanol–water partition coefficient (Wildman–Crippen LogP) is 1.40. The lowest BCUT2D eigenvalue weighted by atomic mass is 9.73. The molecular formula is C15H25NO5. The first-order valence-electron chi connectivity index (χ1n) is 7.79. The molecule has 2 aliphatic rings. The average Bonchev–Trinajstić information content (AvgIpc) is 2.64. The molecule has 0 bridgehead atoms. The van der Waals surface area contributed by atoms with Gasteiger partial charge in [-0.05, 0) is 43.9 Å². The lowest BCUT2D eigenvalue weighted by Crippen LogP contribution is -2.38. The molecule has 0 aliphatic heterocycles. The lowest BCUT2D eigenvalue weighted by molar-refractivity contribution is -0.142. The van der Waals surface area contributed by atoms with Crippen molar-refractivity contribution in [2.75, 3.05) is 6.61 Å². The van der Waals surface area contributed by atoms with Crippen molar-refractivity contribution in [3.63, 3.8) is 0 Å². The van der Waals surface area contributed by atoms with E-state index in [0.717, 1.165) is 37.8 Å². The van der Waals surface area contributed by atoms with Crippen molar-refractivity contribution < 1.29 is 25.0 Å². The number of rotatable bonds is 8. The second-order valence-electron chi connectivity index (χ2n) is 6.23. The first kappa shape index (κ1) is 16.2. The van der Waals surface area contributed by atoms with Crippen LogP contribution in [0.4, 0.5) is 0 Å². The molecule has 2 saturated carbocycles. The van der Waals surface area contributed by atoms with Crippen LogP contribution in [0.3, 0.4) is 0 Å². The van der Waals surface area contributed by atoms with E-state index in [2.05, 4.69) is 5.16 Å². The van der Waals surface area contributed by atoms with Crippen LogP contribution in [0, 0.1) is 17.8 Å². The molecule has 6 heteroatoms. The van der Waals surface area contributed by atoms with Crippen molar-refractivity contribution in [2.45, 2.75) is 57.7 Å². The van der Waals surface area contributed by atoms with Gasteiger partial charge < -0.3 is 20.2 Å². The number of hydrogen-bond donors (Lipinski definition) is 3. The van der Waals surface area contributed by atoms with Gasteiger partial charge in [0.15, 0.2) is 0 Å². The minimum atomic E-state index is -1.04. The number of carboxylic acid groups (broad SMARTS) is 1. The van der Waals surface area contributed by atoms with Gasteiger partial charge in [-0.15, -0.1) is 0 Å². The highest BCUT2D eigenvalue weighted by Gasteiger charge is 2.51. The van der Waals surface area contributed by atoms with Gasteiger partial charge in [-0.3, -0.25) is 0 Å². The van der Waals surface area contributed by atoms with Gasteiger partial charge in [0.1, 0.15) is 0 Å². The van der Waals surface area contributed by atoms with E-state index in [1.807, 2.05) is 6.92 Å². The Kier molecular flexibility index (Phi) is 5.58. The first-order valence-corrected chi connectivity index (χ1v) is 7.79. The molecule has 6 nitrogen and oxygen atoms in total. The molecule has 0 spiro atoms. The Bertz CT molecular complexity index is 398. The number of oxime groups is 1. The van der Waals surface area contributed by atoms with Crippen molar-refractivity contribution in [2.24, 2.45) is 22.9 Å². The summed E-state index contributed by atoms with van der Waals surface area (Å²) in [6.45, 7) is 1.63. The van der Waals surface area contributed by atoms with Gasteiger partial charge in [0.05, 0.1) is 17.9 Å². The SMILES string of the molecule is CCCC(O)CCC1CC2/C(=N\OCC(=O)O)CC2C1O. The van der Waals surface area contributed by atoms with Gasteiger partial charge in [0, 0.05) is 5.92 Å². The molecule has 5 unspecified atom stereocenters. The van der Waals surface area contributed by atoms with Crippen LogP contribution in [0.25, 0.3) is 0 Å². The molecule has 120 valence electrons. The first-order chi connectivity index (χ1) is 10.0. The van der Waals surface area contributed by atoms with Crippen molar-refractivity contribution in [3.05, 3.63) is 0 Å². The molecular weight excluding hydrogens is 274 g/mol. The molecule has 2 rings (SSSR count). The highest BCUT2D eigenvalue weighted by Crippen LogP contribution is 2.49. The smallest absolute Gasteiger partial charge is 0.344 e. The molecule has 0 saturated heterocycles. The Hall–Kier alpha value is -1.14. The zero-order chi connectivity index (χ0) is 15.4. The summed E-state index contributed by atoms with van der Waals surface area (Å²) in [5.74, 6) is -0.379. The minimum absolute atomic E-state index is 0.207. The third-order valence-electron chi connectivity index (χ3n) is 4.73. The summed E-state index contributed by atoms with van der Waals surface area (Å²) in [6, 6.07) is 0. The van der Waals surface area contributed by atoms with Crippen LogP contribution in [0.1, 0.15) is 45.4 Å². The Balaban J connectivity index is 1.78. The van der Waals surface area contributed by atoms with Crippen molar-refractivity contribution in [1.82, 2.24) is 0 Å². The van der Waals surface area contributed by atoms with Gasteiger partial charge in [0.2, 0.25) is 6.61 Å². The number of carboxylic acids is 1. The summed E-state index contributed by atoms with van der Waals surface area (Å²) in [5, 5.41) is 32.4. The fourth-order valence-electron chi connectivity index (χ4n) is 3.55. The third kappa shape index (κ3) is 3.95. The summed E-state index contributed by atoms with van der Waals surface area (Å²) in [4.78, 5) is 15.1. The van der Waals surface area contributed by atoms with Gasteiger partial charge in [-0.25, -0.2) is 4.79 Å². The van der Waals surface area contributed by atoms with Gasteiger partial charge in [0.25, 0.3) is 0 Å². The van der Waals surface area contributed by atoms with Crippen molar-refractivity contribution >= 4 is 11.7 Å². The summed E-state index contributed by atoms with van der Waals surface area (Å²) in [7, 11) is 0. The van der Waals surface area contributed by atoms with Crippen molar-refractivity contribution in [3.8, 4) is 0 Å². The molecule has 0 heterocycles. The number of aliphatic hydroxyl groups is 2. The number of aliphatic hydroxyl groups excluding tert-OH is 2. The van der Waals surface area contributed by atoms with Crippen molar-refractivity contribution in [1.29, 1.82) is 0 Å². The normalized spacial score (nSPS) is 34.3. The van der Waals surface area contributed by atoms with E-state index in [1.54, 1.807) is 0 Å². The largest absolute Gasteiger partial charge is 0.479 e. The molecule has 2 fully saturated rings. The Morgan fingerprint density at radius 2 is 2.24 bits per heavy atom. The van der Waals surface area contributed by atoms with Crippen LogP contribution < -0.4 is 0 Å². The lowest BCUT2D eigenvalue weighted by Gasteiger charge is -2.33. The fraction of sp³-hybridized carbons (Fsp3) is 0.867. The maximum atomic E-state index is 10.4. The van der Waals surface area contributed by atoms with E-state index >= 15 is 0 Å². The van der Waals surface area contributed by atoms with Crippen LogP contribution in [-0.4, -0.2) is 45.8 Å². The molecule has 21 heavy (non-hydrogen) atoms. The average molecular weight is 299 g/mol. The highest BCUT2D eigenvalue weighted by atomic mass is 16.6. The topological polar surface area (TPSA) is 99.4 Å². The second kappa shape index (κ2) is 7.22. The number of aliphatic carboxylic acids is 1. The molecule has 3 N–H and O–H groups in total. The van der Waals surface area contributed by atoms with E-state index in [1.165, 1.54) is 0 Å². The molecule has 0 aromatic rings. The van der Waals surface area contributed by atoms with Crippen LogP contribution in [0.15, 0.2) is 5.16 Å². The number of fused-ring (bicyclic) bond motifs is 1. The summed E-state index contributed by atoms with van der Waals surface area (Å²) < 4.78 is 0. The van der Waals surface area contributed by atoms with Crippen LogP contribution >= 0.6 is 0 Å². The minimum Gasteiger partial charge on any atom is -0.479 e. The molecule has 2 aliphatic carbocycles. The van der Waals surface area contributed by atoms with Gasteiger partial charge in [-0.2, -0.15) is 0 Å². The maximum absolute atomic E-state index is 10.4. The second-order valence-corrected chi connectivity index (χ2v) is 6.23. The zero-order valence-electron chi connectivity index (χ0n) is 12.4. The summed E-state index contributed by atoms with van der Waals surface area (Å²) in [5.41, 5.74) is 0.872. The quantitative estimate of drug-likeness (QED) is 0.588. The monoisotopic (exact) mass is 299 g/mol. The molecule has 0 aromatic heterocycles. The Morgan fingerprint density at radius 1 is 1.48 bits per heavy atom. The van der Waals surface area contributed by atoms with E-state index in [4.69, 9.17) is 9.94 Å². The highest BCUT2D eigenvalue weighted by molar-refractivity contribution is 5.93. The zero-order valence-corrected chi connectivity index (χ0v) is 12.4. The molecule has 0 amide bonds. The number of hydrogen-bond acceptors (Lipinski definition) is 5. The van der Waals surface area contributed by atoms with Gasteiger partial charge in [-0.1, -0.05) is 18.5 Å². The molecule has 0 aromatic carbocycles. The summed E-state index contributed by atoms with van der Waals surface area (Å²) in [6.07, 6.45) is 4.30. The predicted molar refractivity (Wildman–Crippen MR) is 76.9 cm³/mol.